The Morgan fingerprint density at radius 1 is 1.69 bits per heavy atom. The van der Waals surface area contributed by atoms with E-state index in [0.717, 1.165) is 36.6 Å². The van der Waals surface area contributed by atoms with Gasteiger partial charge in [0.25, 0.3) is 0 Å². The monoisotopic (exact) mass is 286 g/mol. The smallest absolute Gasteiger partial charge is 0.146 e. The van der Waals surface area contributed by atoms with Crippen molar-refractivity contribution in [2.75, 3.05) is 38.3 Å². The predicted molar refractivity (Wildman–Crippen MR) is 65.6 cm³/mol. The van der Waals surface area contributed by atoms with E-state index in [4.69, 9.17) is 4.74 Å². The van der Waals surface area contributed by atoms with Crippen molar-refractivity contribution in [1.82, 2.24) is 15.3 Å². The molecule has 1 atom stereocenters. The third-order valence-corrected chi connectivity index (χ3v) is 3.15. The molecule has 0 aromatic carbocycles. The Kier molecular flexibility index (Phi) is 4.09. The highest BCUT2D eigenvalue weighted by Gasteiger charge is 2.24. The predicted octanol–water partition coefficient (Wildman–Crippen LogP) is 0.664. The van der Waals surface area contributed by atoms with Gasteiger partial charge in [0.1, 0.15) is 12.1 Å². The normalized spacial score (nSPS) is 21.1. The summed E-state index contributed by atoms with van der Waals surface area (Å²) in [5.74, 6) is 0.943. The largest absolute Gasteiger partial charge is 0.377 e. The quantitative estimate of drug-likeness (QED) is 0.885. The third-order valence-electron chi connectivity index (χ3n) is 2.59. The Morgan fingerprint density at radius 2 is 2.56 bits per heavy atom. The zero-order chi connectivity index (χ0) is 11.4. The first-order valence-corrected chi connectivity index (χ1v) is 6.06. The third kappa shape index (κ3) is 2.50. The topological polar surface area (TPSA) is 50.3 Å². The second-order valence-corrected chi connectivity index (χ2v) is 4.53. The van der Waals surface area contributed by atoms with Gasteiger partial charge in [0.15, 0.2) is 0 Å². The summed E-state index contributed by atoms with van der Waals surface area (Å²) < 4.78 is 6.41. The van der Waals surface area contributed by atoms with Crippen molar-refractivity contribution < 1.29 is 4.74 Å². The van der Waals surface area contributed by atoms with Gasteiger partial charge in [-0.1, -0.05) is 0 Å². The van der Waals surface area contributed by atoms with Crippen LogP contribution in [0.1, 0.15) is 0 Å². The van der Waals surface area contributed by atoms with Gasteiger partial charge in [-0.15, -0.1) is 0 Å². The van der Waals surface area contributed by atoms with Crippen molar-refractivity contribution in [3.05, 3.63) is 17.0 Å². The minimum atomic E-state index is 0.324. The van der Waals surface area contributed by atoms with Crippen molar-refractivity contribution in [3.63, 3.8) is 0 Å². The minimum Gasteiger partial charge on any atom is -0.377 e. The van der Waals surface area contributed by atoms with Gasteiger partial charge in [-0.3, -0.25) is 0 Å². The summed E-state index contributed by atoms with van der Waals surface area (Å²) in [6.07, 6.45) is 3.35. The fraction of sp³-hybridized carbons (Fsp3) is 0.600. The van der Waals surface area contributed by atoms with Crippen LogP contribution in [0.4, 0.5) is 5.82 Å². The highest BCUT2D eigenvalue weighted by molar-refractivity contribution is 9.10. The van der Waals surface area contributed by atoms with Gasteiger partial charge >= 0.3 is 0 Å². The average molecular weight is 287 g/mol. The van der Waals surface area contributed by atoms with E-state index in [1.54, 1.807) is 12.5 Å². The van der Waals surface area contributed by atoms with E-state index >= 15 is 0 Å². The number of aromatic nitrogens is 2. The van der Waals surface area contributed by atoms with Crippen molar-refractivity contribution in [1.29, 1.82) is 0 Å². The van der Waals surface area contributed by atoms with Crippen LogP contribution in [0.25, 0.3) is 0 Å². The summed E-state index contributed by atoms with van der Waals surface area (Å²) in [5, 5.41) is 3.18. The van der Waals surface area contributed by atoms with Gasteiger partial charge in [-0.05, 0) is 23.0 Å². The SMILES string of the molecule is CNCC1COCCN1c1ncncc1Br. The van der Waals surface area contributed by atoms with E-state index in [2.05, 4.69) is 36.1 Å². The van der Waals surface area contributed by atoms with E-state index < -0.39 is 0 Å². The van der Waals surface area contributed by atoms with Crippen LogP contribution in [0.15, 0.2) is 17.0 Å². The van der Waals surface area contributed by atoms with Crippen molar-refractivity contribution in [3.8, 4) is 0 Å². The summed E-state index contributed by atoms with van der Waals surface area (Å²) in [6, 6.07) is 0.324. The molecule has 0 amide bonds. The first-order valence-electron chi connectivity index (χ1n) is 5.27. The second-order valence-electron chi connectivity index (χ2n) is 3.67. The summed E-state index contributed by atoms with van der Waals surface area (Å²) >= 11 is 3.48. The zero-order valence-corrected chi connectivity index (χ0v) is 10.8. The number of ether oxygens (including phenoxy) is 1. The van der Waals surface area contributed by atoms with E-state index in [0.29, 0.717) is 6.04 Å². The van der Waals surface area contributed by atoms with Crippen LogP contribution < -0.4 is 10.2 Å². The lowest BCUT2D eigenvalue weighted by Crippen LogP contribution is -2.50. The molecular weight excluding hydrogens is 272 g/mol. The molecule has 0 aliphatic carbocycles. The van der Waals surface area contributed by atoms with Crippen LogP contribution in [0.5, 0.6) is 0 Å². The lowest BCUT2D eigenvalue weighted by atomic mass is 10.2. The number of halogens is 1. The van der Waals surface area contributed by atoms with Crippen molar-refractivity contribution in [2.45, 2.75) is 6.04 Å². The number of nitrogens with zero attached hydrogens (tertiary/aromatic N) is 3. The number of anilines is 1. The lowest BCUT2D eigenvalue weighted by Gasteiger charge is -2.36. The number of nitrogens with one attached hydrogen (secondary N) is 1. The van der Waals surface area contributed by atoms with E-state index in [1.807, 2.05) is 7.05 Å². The molecule has 1 saturated heterocycles. The molecular formula is C10H15BrN4O. The number of likely N-dealkylation sites (N-methyl/N-ethyl adjacent to an activating group) is 1. The fourth-order valence-electron chi connectivity index (χ4n) is 1.86. The molecule has 1 N–H and O–H groups in total. The molecule has 16 heavy (non-hydrogen) atoms. The molecule has 2 heterocycles. The van der Waals surface area contributed by atoms with Gasteiger partial charge < -0.3 is 15.0 Å². The molecule has 1 aliphatic rings. The Bertz CT molecular complexity index is 347. The summed E-state index contributed by atoms with van der Waals surface area (Å²) in [6.45, 7) is 3.23. The first-order chi connectivity index (χ1) is 7.83. The lowest BCUT2D eigenvalue weighted by molar-refractivity contribution is 0.0938. The Morgan fingerprint density at radius 3 is 3.31 bits per heavy atom. The molecule has 6 heteroatoms. The molecule has 1 aliphatic heterocycles. The van der Waals surface area contributed by atoms with Gasteiger partial charge in [-0.2, -0.15) is 0 Å². The molecule has 88 valence electrons. The first kappa shape index (κ1) is 11.8. The van der Waals surface area contributed by atoms with Crippen molar-refractivity contribution in [2.24, 2.45) is 0 Å². The van der Waals surface area contributed by atoms with Crippen LogP contribution in [0, 0.1) is 0 Å². The maximum atomic E-state index is 5.49. The molecule has 5 nitrogen and oxygen atoms in total. The van der Waals surface area contributed by atoms with Gasteiger partial charge in [0.05, 0.1) is 23.7 Å². The van der Waals surface area contributed by atoms with Crippen LogP contribution in [0.2, 0.25) is 0 Å². The molecule has 0 radical (unpaired) electrons. The highest BCUT2D eigenvalue weighted by atomic mass is 79.9. The Balaban J connectivity index is 2.19. The van der Waals surface area contributed by atoms with Crippen LogP contribution in [0.3, 0.4) is 0 Å². The molecule has 0 saturated carbocycles. The summed E-state index contributed by atoms with van der Waals surface area (Å²) in [7, 11) is 1.95. The molecule has 1 aromatic rings. The van der Waals surface area contributed by atoms with Crippen LogP contribution in [-0.2, 0) is 4.74 Å². The van der Waals surface area contributed by atoms with Crippen molar-refractivity contribution >= 4 is 21.7 Å². The Hall–Kier alpha value is -0.720. The average Bonchev–Trinajstić information content (AvgIpc) is 2.31. The molecule has 1 fully saturated rings. The molecule has 0 bridgehead atoms. The number of hydrogen-bond acceptors (Lipinski definition) is 5. The van der Waals surface area contributed by atoms with Crippen LogP contribution in [-0.4, -0.2) is 49.4 Å². The van der Waals surface area contributed by atoms with Gasteiger partial charge in [0.2, 0.25) is 0 Å². The van der Waals surface area contributed by atoms with E-state index in [1.165, 1.54) is 0 Å². The maximum absolute atomic E-state index is 5.49. The second kappa shape index (κ2) is 5.56. The molecule has 1 aromatic heterocycles. The zero-order valence-electron chi connectivity index (χ0n) is 9.19. The molecule has 2 rings (SSSR count). The standard InChI is InChI=1S/C10H15BrN4O/c1-12-4-8-6-16-3-2-15(8)10-9(11)5-13-7-14-10/h5,7-8,12H,2-4,6H2,1H3. The van der Waals surface area contributed by atoms with E-state index in [-0.39, 0.29) is 0 Å². The van der Waals surface area contributed by atoms with E-state index in [9.17, 15) is 0 Å². The molecule has 1 unspecified atom stereocenters. The number of hydrogen-bond donors (Lipinski definition) is 1. The summed E-state index contributed by atoms with van der Waals surface area (Å²) in [4.78, 5) is 10.6. The van der Waals surface area contributed by atoms with Gasteiger partial charge in [0, 0.05) is 19.3 Å². The maximum Gasteiger partial charge on any atom is 0.146 e. The summed E-state index contributed by atoms with van der Waals surface area (Å²) in [5.41, 5.74) is 0. The highest BCUT2D eigenvalue weighted by Crippen LogP contribution is 2.24. The Labute approximate surface area is 103 Å². The minimum absolute atomic E-state index is 0.324. The number of rotatable bonds is 3. The van der Waals surface area contributed by atoms with Gasteiger partial charge in [-0.25, -0.2) is 9.97 Å². The number of morpholine rings is 1. The molecule has 0 spiro atoms. The fourth-order valence-corrected chi connectivity index (χ4v) is 2.30. The van der Waals surface area contributed by atoms with Crippen LogP contribution >= 0.6 is 15.9 Å².